The Morgan fingerprint density at radius 3 is 2.10 bits per heavy atom. The van der Waals surface area contributed by atoms with Crippen molar-refractivity contribution in [3.63, 3.8) is 0 Å². The van der Waals surface area contributed by atoms with Crippen molar-refractivity contribution in [3.05, 3.63) is 42.5 Å². The Balaban J connectivity index is 1.90. The number of rotatable bonds is 11. The van der Waals surface area contributed by atoms with Gasteiger partial charge in [0.25, 0.3) is 0 Å². The van der Waals surface area contributed by atoms with Crippen LogP contribution in [0.5, 0.6) is 5.75 Å². The number of methoxy groups -OCH3 is 1. The highest BCUT2D eigenvalue weighted by molar-refractivity contribution is 5.76. The molecule has 1 aromatic rings. The molecule has 0 aliphatic heterocycles. The molecule has 1 aromatic carbocycles. The second kappa shape index (κ2) is 12.9. The highest BCUT2D eigenvalue weighted by atomic mass is 16.6. The summed E-state index contributed by atoms with van der Waals surface area (Å²) in [6, 6.07) is 7.73. The summed E-state index contributed by atoms with van der Waals surface area (Å²) in [6.07, 6.45) is 3.95. The first-order valence-electron chi connectivity index (χ1n) is 15.0. The van der Waals surface area contributed by atoms with E-state index in [0.717, 1.165) is 17.7 Å². The number of carbonyl (C=O) groups excluding carboxylic acids is 2. The predicted octanol–water partition coefficient (Wildman–Crippen LogP) is 6.65. The van der Waals surface area contributed by atoms with Crippen LogP contribution in [0.1, 0.15) is 92.6 Å². The molecule has 0 aromatic heterocycles. The zero-order chi connectivity index (χ0) is 30.6. The number of hydrogen-bond acceptors (Lipinski definition) is 7. The van der Waals surface area contributed by atoms with Gasteiger partial charge in [0.1, 0.15) is 23.6 Å². The first-order chi connectivity index (χ1) is 19.1. The molecule has 2 aliphatic rings. The van der Waals surface area contributed by atoms with E-state index in [2.05, 4.69) is 13.5 Å². The van der Waals surface area contributed by atoms with Crippen LogP contribution in [0.4, 0.5) is 0 Å². The second-order valence-corrected chi connectivity index (χ2v) is 14.3. The average Bonchev–Trinajstić information content (AvgIpc) is 3.11. The summed E-state index contributed by atoms with van der Waals surface area (Å²) in [5.74, 6) is 0.452. The van der Waals surface area contributed by atoms with Gasteiger partial charge in [-0.05, 0) is 110 Å². The van der Waals surface area contributed by atoms with E-state index < -0.39 is 34.1 Å². The maximum Gasteiger partial charge on any atom is 0.311 e. The Hall–Kier alpha value is -2.38. The third-order valence-electron chi connectivity index (χ3n) is 8.92. The van der Waals surface area contributed by atoms with Gasteiger partial charge in [0.05, 0.1) is 24.5 Å². The van der Waals surface area contributed by atoms with Crippen molar-refractivity contribution in [2.75, 3.05) is 13.7 Å². The van der Waals surface area contributed by atoms with Crippen LogP contribution >= 0.6 is 0 Å². The second-order valence-electron chi connectivity index (χ2n) is 14.3. The van der Waals surface area contributed by atoms with Crippen LogP contribution < -0.4 is 4.74 Å². The fourth-order valence-electron chi connectivity index (χ4n) is 6.70. The fraction of sp³-hybridized carbons (Fsp3) is 0.706. The number of carbonyl (C=O) groups is 2. The van der Waals surface area contributed by atoms with Crippen molar-refractivity contribution < 1.29 is 33.6 Å². The number of allylic oxidation sites excluding steroid dienone is 1. The Kier molecular flexibility index (Phi) is 10.4. The van der Waals surface area contributed by atoms with E-state index in [1.54, 1.807) is 7.11 Å². The van der Waals surface area contributed by atoms with Crippen LogP contribution in [-0.4, -0.2) is 48.6 Å². The molecule has 0 saturated heterocycles. The summed E-state index contributed by atoms with van der Waals surface area (Å²) in [5.41, 5.74) is -2.61. The van der Waals surface area contributed by atoms with E-state index in [9.17, 15) is 14.7 Å². The van der Waals surface area contributed by atoms with E-state index in [4.69, 9.17) is 18.9 Å². The standard InChI is InChI=1S/C34H52O7/c1-10-16-33-25(19-23(2)20-27(33)40-29(35)31(3,4)5)21-28(41-30(36)32(6,7)8)34(33,37)17-11-18-39-22-24-12-14-26(38-9)15-13-24/h10,12-15,23,25,27-28,37H,1,11,16-22H2,2-9H3/t23-,25+,27-,28-,33-,34+/m1/s1. The molecule has 0 radical (unpaired) electrons. The van der Waals surface area contributed by atoms with Crippen LogP contribution in [0.15, 0.2) is 36.9 Å². The number of benzene rings is 1. The normalized spacial score (nSPS) is 29.9. The van der Waals surface area contributed by atoms with E-state index >= 15 is 0 Å². The topological polar surface area (TPSA) is 91.3 Å². The highest BCUT2D eigenvalue weighted by Crippen LogP contribution is 2.64. The minimum Gasteiger partial charge on any atom is -0.497 e. The minimum atomic E-state index is -1.42. The van der Waals surface area contributed by atoms with Crippen molar-refractivity contribution in [2.45, 2.75) is 111 Å². The van der Waals surface area contributed by atoms with Gasteiger partial charge < -0.3 is 24.1 Å². The van der Waals surface area contributed by atoms with Crippen LogP contribution in [0.3, 0.4) is 0 Å². The molecule has 2 fully saturated rings. The number of fused-ring (bicyclic) bond motifs is 1. The lowest BCUT2D eigenvalue weighted by Gasteiger charge is -2.54. The molecule has 7 heteroatoms. The van der Waals surface area contributed by atoms with E-state index in [1.165, 1.54) is 0 Å². The first-order valence-corrected chi connectivity index (χ1v) is 15.0. The number of ether oxygens (including phenoxy) is 4. The summed E-state index contributed by atoms with van der Waals surface area (Å²) in [6.45, 7) is 18.0. The summed E-state index contributed by atoms with van der Waals surface area (Å²) in [5, 5.41) is 12.8. The molecule has 0 bridgehead atoms. The van der Waals surface area contributed by atoms with Gasteiger partial charge in [-0.15, -0.1) is 6.58 Å². The lowest BCUT2D eigenvalue weighted by Crippen LogP contribution is -2.62. The quantitative estimate of drug-likeness (QED) is 0.180. The monoisotopic (exact) mass is 572 g/mol. The molecule has 0 spiro atoms. The molecule has 41 heavy (non-hydrogen) atoms. The summed E-state index contributed by atoms with van der Waals surface area (Å²) in [4.78, 5) is 26.3. The molecule has 0 heterocycles. The maximum atomic E-state index is 13.2. The van der Waals surface area contributed by atoms with Crippen LogP contribution in [-0.2, 0) is 30.4 Å². The lowest BCUT2D eigenvalue weighted by atomic mass is 9.55. The smallest absolute Gasteiger partial charge is 0.311 e. The van der Waals surface area contributed by atoms with Gasteiger partial charge in [-0.2, -0.15) is 0 Å². The minimum absolute atomic E-state index is 0.00463. The highest BCUT2D eigenvalue weighted by Gasteiger charge is 2.70. The van der Waals surface area contributed by atoms with Gasteiger partial charge in [0, 0.05) is 12.0 Å². The zero-order valence-corrected chi connectivity index (χ0v) is 26.5. The number of esters is 2. The van der Waals surface area contributed by atoms with E-state index in [1.807, 2.05) is 71.9 Å². The molecule has 2 saturated carbocycles. The third-order valence-corrected chi connectivity index (χ3v) is 8.92. The van der Waals surface area contributed by atoms with E-state index in [0.29, 0.717) is 51.2 Å². The molecule has 0 amide bonds. The van der Waals surface area contributed by atoms with Gasteiger partial charge in [0.15, 0.2) is 0 Å². The third kappa shape index (κ3) is 7.16. The zero-order valence-electron chi connectivity index (χ0n) is 26.5. The van der Waals surface area contributed by atoms with Crippen molar-refractivity contribution >= 4 is 11.9 Å². The van der Waals surface area contributed by atoms with Crippen molar-refractivity contribution in [1.82, 2.24) is 0 Å². The molecule has 7 nitrogen and oxygen atoms in total. The summed E-state index contributed by atoms with van der Waals surface area (Å²) in [7, 11) is 1.64. The van der Waals surface area contributed by atoms with Crippen LogP contribution in [0.25, 0.3) is 0 Å². The fourth-order valence-corrected chi connectivity index (χ4v) is 6.70. The summed E-state index contributed by atoms with van der Waals surface area (Å²) < 4.78 is 23.6. The molecular formula is C34H52O7. The summed E-state index contributed by atoms with van der Waals surface area (Å²) >= 11 is 0. The Morgan fingerprint density at radius 2 is 1.56 bits per heavy atom. The molecule has 230 valence electrons. The first kappa shape index (κ1) is 33.1. The van der Waals surface area contributed by atoms with Crippen molar-refractivity contribution in [1.29, 1.82) is 0 Å². The van der Waals surface area contributed by atoms with Crippen LogP contribution in [0, 0.1) is 28.1 Å². The Labute approximate surface area is 247 Å². The number of aliphatic hydroxyl groups is 1. The van der Waals surface area contributed by atoms with Crippen molar-refractivity contribution in [2.24, 2.45) is 28.1 Å². The molecule has 1 N–H and O–H groups in total. The molecule has 6 atom stereocenters. The largest absolute Gasteiger partial charge is 0.497 e. The maximum absolute atomic E-state index is 13.2. The Morgan fingerprint density at radius 1 is 0.976 bits per heavy atom. The lowest BCUT2D eigenvalue weighted by molar-refractivity contribution is -0.221. The van der Waals surface area contributed by atoms with Gasteiger partial charge in [-0.1, -0.05) is 25.1 Å². The van der Waals surface area contributed by atoms with Gasteiger partial charge >= 0.3 is 11.9 Å². The predicted molar refractivity (Wildman–Crippen MR) is 159 cm³/mol. The van der Waals surface area contributed by atoms with E-state index in [-0.39, 0.29) is 17.9 Å². The van der Waals surface area contributed by atoms with Gasteiger partial charge in [-0.3, -0.25) is 9.59 Å². The van der Waals surface area contributed by atoms with Gasteiger partial charge in [0.2, 0.25) is 0 Å². The molecule has 0 unspecified atom stereocenters. The van der Waals surface area contributed by atoms with Crippen molar-refractivity contribution in [3.8, 4) is 5.75 Å². The molecule has 3 rings (SSSR count). The average molecular weight is 573 g/mol. The Bertz CT molecular complexity index is 1050. The SMILES string of the molecule is C=CC[C@@]12[C@@H](C[C@@H](C)C[C@H]1OC(=O)C(C)(C)C)C[C@@H](OC(=O)C(C)(C)C)[C@@]2(O)CCCOCc1ccc(OC)cc1. The molecular weight excluding hydrogens is 520 g/mol. The molecule has 2 aliphatic carbocycles. The number of hydrogen-bond donors (Lipinski definition) is 1. The van der Waals surface area contributed by atoms with Gasteiger partial charge in [-0.25, -0.2) is 0 Å². The van der Waals surface area contributed by atoms with Crippen LogP contribution in [0.2, 0.25) is 0 Å².